The number of imidazole rings is 1. The molecule has 1 heterocycles. The Kier molecular flexibility index (Phi) is 3.73. The molecular weight excluding hydrogens is 212 g/mol. The van der Waals surface area contributed by atoms with Gasteiger partial charge in [0.2, 0.25) is 0 Å². The van der Waals surface area contributed by atoms with Crippen molar-refractivity contribution in [2.75, 3.05) is 6.61 Å². The number of aromatic amines is 1. The Bertz CT molecular complexity index is 476. The van der Waals surface area contributed by atoms with Gasteiger partial charge in [0.25, 0.3) is 5.82 Å². The first-order chi connectivity index (χ1) is 8.36. The molecule has 1 aromatic heterocycles. The molecule has 1 aromatic carbocycles. The van der Waals surface area contributed by atoms with E-state index in [1.54, 1.807) is 0 Å². The van der Waals surface area contributed by atoms with Crippen LogP contribution in [0.3, 0.4) is 0 Å². The number of aromatic nitrogens is 2. The van der Waals surface area contributed by atoms with E-state index in [1.807, 2.05) is 41.2 Å². The Labute approximate surface area is 101 Å². The molecule has 0 saturated heterocycles. The van der Waals surface area contributed by atoms with Crippen LogP contribution in [0.2, 0.25) is 0 Å². The first kappa shape index (κ1) is 11.6. The van der Waals surface area contributed by atoms with Crippen LogP contribution in [-0.4, -0.2) is 16.7 Å². The van der Waals surface area contributed by atoms with Crippen LogP contribution < -0.4 is 4.57 Å². The number of nitrogens with one attached hydrogen (secondary N) is 1. The van der Waals surface area contributed by atoms with E-state index in [0.29, 0.717) is 6.54 Å². The Morgan fingerprint density at radius 2 is 2.12 bits per heavy atom. The summed E-state index contributed by atoms with van der Waals surface area (Å²) in [4.78, 5) is 3.22. The van der Waals surface area contributed by atoms with E-state index < -0.39 is 0 Å². The number of nitrogens with zero attached hydrogens (tertiary/aromatic N) is 1. The lowest BCUT2D eigenvalue weighted by Gasteiger charge is -2.09. The summed E-state index contributed by atoms with van der Waals surface area (Å²) in [5, 5.41) is 9.03. The summed E-state index contributed by atoms with van der Waals surface area (Å²) < 4.78 is 2.01. The average Bonchev–Trinajstić information content (AvgIpc) is 2.81. The molecule has 0 spiro atoms. The maximum absolute atomic E-state index is 9.03. The molecule has 0 saturated carbocycles. The van der Waals surface area contributed by atoms with E-state index in [0.717, 1.165) is 5.82 Å². The number of aliphatic hydroxyl groups is 1. The number of rotatable bonds is 5. The van der Waals surface area contributed by atoms with E-state index in [9.17, 15) is 0 Å². The minimum Gasteiger partial charge on any atom is -0.392 e. The van der Waals surface area contributed by atoms with Crippen LogP contribution in [0.5, 0.6) is 0 Å². The van der Waals surface area contributed by atoms with Gasteiger partial charge >= 0.3 is 0 Å². The topological polar surface area (TPSA) is 39.9 Å². The standard InChI is InChI=1S/C14H16N2O/c1-2-13(12-6-4-3-5-7-12)14-15-8-9-16(14)10-11-17/h2-9,13,17H,1,10-11H2/p+1. The van der Waals surface area contributed by atoms with Gasteiger partial charge in [-0.3, -0.25) is 0 Å². The van der Waals surface area contributed by atoms with Crippen molar-refractivity contribution in [3.8, 4) is 0 Å². The predicted octanol–water partition coefficient (Wildman–Crippen LogP) is 1.61. The molecule has 88 valence electrons. The molecule has 17 heavy (non-hydrogen) atoms. The van der Waals surface area contributed by atoms with Crippen LogP contribution in [-0.2, 0) is 6.54 Å². The monoisotopic (exact) mass is 229 g/mol. The fraction of sp³-hybridized carbons (Fsp3) is 0.214. The second kappa shape index (κ2) is 5.46. The molecule has 2 rings (SSSR count). The lowest BCUT2D eigenvalue weighted by Crippen LogP contribution is -2.38. The highest BCUT2D eigenvalue weighted by molar-refractivity contribution is 5.28. The predicted molar refractivity (Wildman–Crippen MR) is 66.6 cm³/mol. The Morgan fingerprint density at radius 3 is 2.76 bits per heavy atom. The molecular formula is C14H17N2O+. The van der Waals surface area contributed by atoms with Crippen LogP contribution in [0.15, 0.2) is 55.4 Å². The van der Waals surface area contributed by atoms with Crippen molar-refractivity contribution in [1.29, 1.82) is 0 Å². The number of hydrogen-bond acceptors (Lipinski definition) is 1. The Balaban J connectivity index is 2.35. The molecule has 0 aliphatic carbocycles. The second-order valence-electron chi connectivity index (χ2n) is 3.89. The summed E-state index contributed by atoms with van der Waals surface area (Å²) in [6.07, 6.45) is 5.73. The van der Waals surface area contributed by atoms with Gasteiger partial charge in [-0.25, -0.2) is 9.55 Å². The van der Waals surface area contributed by atoms with Gasteiger partial charge in [-0.2, -0.15) is 0 Å². The lowest BCUT2D eigenvalue weighted by atomic mass is 9.98. The van der Waals surface area contributed by atoms with Gasteiger partial charge in [0.15, 0.2) is 0 Å². The van der Waals surface area contributed by atoms with Gasteiger partial charge < -0.3 is 5.11 Å². The van der Waals surface area contributed by atoms with Crippen molar-refractivity contribution in [2.45, 2.75) is 12.5 Å². The second-order valence-corrected chi connectivity index (χ2v) is 3.89. The molecule has 0 bridgehead atoms. The largest absolute Gasteiger partial charge is 0.392 e. The molecule has 0 aliphatic heterocycles. The molecule has 0 radical (unpaired) electrons. The molecule has 2 aromatic rings. The van der Waals surface area contributed by atoms with Gasteiger partial charge in [0, 0.05) is 0 Å². The maximum Gasteiger partial charge on any atom is 0.265 e. The maximum atomic E-state index is 9.03. The van der Waals surface area contributed by atoms with Crippen molar-refractivity contribution in [3.05, 3.63) is 66.8 Å². The third-order valence-corrected chi connectivity index (χ3v) is 2.83. The quantitative estimate of drug-likeness (QED) is 0.593. The van der Waals surface area contributed by atoms with Crippen LogP contribution >= 0.6 is 0 Å². The highest BCUT2D eigenvalue weighted by Gasteiger charge is 2.21. The molecule has 1 unspecified atom stereocenters. The highest BCUT2D eigenvalue weighted by Crippen LogP contribution is 2.21. The minimum absolute atomic E-state index is 0.123. The lowest BCUT2D eigenvalue weighted by molar-refractivity contribution is -0.704. The summed E-state index contributed by atoms with van der Waals surface area (Å²) in [7, 11) is 0. The van der Waals surface area contributed by atoms with Crippen LogP contribution in [0.25, 0.3) is 0 Å². The number of aliphatic hydroxyl groups excluding tert-OH is 1. The molecule has 2 N–H and O–H groups in total. The highest BCUT2D eigenvalue weighted by atomic mass is 16.3. The van der Waals surface area contributed by atoms with E-state index >= 15 is 0 Å². The molecule has 3 nitrogen and oxygen atoms in total. The summed E-state index contributed by atoms with van der Waals surface area (Å²) in [6.45, 7) is 4.63. The first-order valence-corrected chi connectivity index (χ1v) is 5.72. The van der Waals surface area contributed by atoms with Crippen LogP contribution in [0.4, 0.5) is 0 Å². The number of allylic oxidation sites excluding steroid dienone is 1. The Morgan fingerprint density at radius 1 is 1.35 bits per heavy atom. The van der Waals surface area contributed by atoms with E-state index in [-0.39, 0.29) is 12.5 Å². The first-order valence-electron chi connectivity index (χ1n) is 5.72. The normalized spacial score (nSPS) is 12.3. The van der Waals surface area contributed by atoms with Crippen molar-refractivity contribution < 1.29 is 9.67 Å². The molecule has 0 aliphatic rings. The zero-order chi connectivity index (χ0) is 12.1. The van der Waals surface area contributed by atoms with E-state index in [4.69, 9.17) is 5.11 Å². The molecule has 0 amide bonds. The molecule has 1 atom stereocenters. The smallest absolute Gasteiger partial charge is 0.265 e. The van der Waals surface area contributed by atoms with Crippen molar-refractivity contribution in [2.24, 2.45) is 0 Å². The summed E-state index contributed by atoms with van der Waals surface area (Å²) >= 11 is 0. The Hall–Kier alpha value is -1.87. The van der Waals surface area contributed by atoms with Gasteiger partial charge in [0.05, 0.1) is 6.61 Å². The van der Waals surface area contributed by atoms with E-state index in [1.165, 1.54) is 5.56 Å². The average molecular weight is 229 g/mol. The zero-order valence-corrected chi connectivity index (χ0v) is 9.71. The number of hydrogen-bond donors (Lipinski definition) is 2. The van der Waals surface area contributed by atoms with Crippen LogP contribution in [0, 0.1) is 0 Å². The molecule has 3 heteroatoms. The fourth-order valence-electron chi connectivity index (χ4n) is 2.01. The number of H-pyrrole nitrogens is 1. The van der Waals surface area contributed by atoms with Crippen molar-refractivity contribution >= 4 is 0 Å². The van der Waals surface area contributed by atoms with Crippen LogP contribution in [0.1, 0.15) is 17.3 Å². The van der Waals surface area contributed by atoms with E-state index in [2.05, 4.69) is 23.7 Å². The summed E-state index contributed by atoms with van der Waals surface area (Å²) in [5.74, 6) is 1.16. The SMILES string of the molecule is C=CC(c1ccccc1)c1[nH]cc[n+]1CCO. The van der Waals surface area contributed by atoms with Crippen molar-refractivity contribution in [3.63, 3.8) is 0 Å². The zero-order valence-electron chi connectivity index (χ0n) is 9.71. The third-order valence-electron chi connectivity index (χ3n) is 2.83. The van der Waals surface area contributed by atoms with Crippen molar-refractivity contribution in [1.82, 2.24) is 4.98 Å². The fourth-order valence-corrected chi connectivity index (χ4v) is 2.01. The van der Waals surface area contributed by atoms with Gasteiger partial charge in [-0.1, -0.05) is 36.4 Å². The number of benzene rings is 1. The summed E-state index contributed by atoms with van der Waals surface area (Å²) in [5.41, 5.74) is 1.19. The van der Waals surface area contributed by atoms with Gasteiger partial charge in [-0.05, 0) is 5.56 Å². The van der Waals surface area contributed by atoms with Gasteiger partial charge in [-0.15, -0.1) is 6.58 Å². The molecule has 0 fully saturated rings. The van der Waals surface area contributed by atoms with Gasteiger partial charge in [0.1, 0.15) is 24.9 Å². The minimum atomic E-state index is 0.123. The third kappa shape index (κ3) is 2.45. The summed E-state index contributed by atoms with van der Waals surface area (Å²) in [6, 6.07) is 10.2.